The lowest BCUT2D eigenvalue weighted by Gasteiger charge is -2.17. The fourth-order valence-electron chi connectivity index (χ4n) is 2.02. The number of halogens is 3. The Labute approximate surface area is 104 Å². The molecule has 102 valence electrons. The second kappa shape index (κ2) is 5.30. The molecule has 0 aliphatic heterocycles. The van der Waals surface area contributed by atoms with Crippen molar-refractivity contribution in [3.05, 3.63) is 18.0 Å². The lowest BCUT2D eigenvalue weighted by Crippen LogP contribution is -2.36. The standard InChI is InChI=1S/C12H18F3N3/c1-2-6-16-10(9-3-4-9)8-18-7-5-11(17-18)12(13,14)15/h5,7,9-10,16H,2-4,6,8H2,1H3. The van der Waals surface area contributed by atoms with E-state index in [2.05, 4.69) is 17.3 Å². The Hall–Kier alpha value is -1.04. The number of aromatic nitrogens is 2. The molecule has 1 N–H and O–H groups in total. The van der Waals surface area contributed by atoms with E-state index < -0.39 is 11.9 Å². The van der Waals surface area contributed by atoms with Gasteiger partial charge in [0, 0.05) is 12.2 Å². The Morgan fingerprint density at radius 3 is 2.72 bits per heavy atom. The van der Waals surface area contributed by atoms with E-state index in [0.717, 1.165) is 31.9 Å². The number of hydrogen-bond acceptors (Lipinski definition) is 2. The van der Waals surface area contributed by atoms with Crippen molar-refractivity contribution in [2.45, 2.75) is 44.9 Å². The van der Waals surface area contributed by atoms with Gasteiger partial charge in [-0.3, -0.25) is 4.68 Å². The molecule has 0 radical (unpaired) electrons. The highest BCUT2D eigenvalue weighted by Crippen LogP contribution is 2.33. The summed E-state index contributed by atoms with van der Waals surface area (Å²) in [4.78, 5) is 0. The van der Waals surface area contributed by atoms with Crippen LogP contribution in [0.5, 0.6) is 0 Å². The van der Waals surface area contributed by atoms with Crippen molar-refractivity contribution in [1.82, 2.24) is 15.1 Å². The molecule has 1 aliphatic carbocycles. The summed E-state index contributed by atoms with van der Waals surface area (Å²) in [6.07, 6.45) is 0.405. The van der Waals surface area contributed by atoms with E-state index in [1.54, 1.807) is 0 Å². The van der Waals surface area contributed by atoms with Crippen LogP contribution in [0, 0.1) is 5.92 Å². The van der Waals surface area contributed by atoms with Crippen molar-refractivity contribution in [1.29, 1.82) is 0 Å². The largest absolute Gasteiger partial charge is 0.435 e. The first-order valence-corrected chi connectivity index (χ1v) is 6.34. The SMILES string of the molecule is CCCNC(Cn1ccc(C(F)(F)F)n1)C1CC1. The first-order chi connectivity index (χ1) is 8.50. The zero-order chi connectivity index (χ0) is 13.2. The smallest absolute Gasteiger partial charge is 0.312 e. The van der Waals surface area contributed by atoms with Gasteiger partial charge in [0.25, 0.3) is 0 Å². The highest BCUT2D eigenvalue weighted by atomic mass is 19.4. The van der Waals surface area contributed by atoms with Crippen LogP contribution in [0.4, 0.5) is 13.2 Å². The van der Waals surface area contributed by atoms with Gasteiger partial charge in [-0.25, -0.2) is 0 Å². The van der Waals surface area contributed by atoms with E-state index in [0.29, 0.717) is 12.5 Å². The summed E-state index contributed by atoms with van der Waals surface area (Å²) in [7, 11) is 0. The van der Waals surface area contributed by atoms with E-state index in [9.17, 15) is 13.2 Å². The second-order valence-electron chi connectivity index (χ2n) is 4.82. The van der Waals surface area contributed by atoms with E-state index in [1.165, 1.54) is 10.9 Å². The average molecular weight is 261 g/mol. The molecule has 0 amide bonds. The van der Waals surface area contributed by atoms with Gasteiger partial charge >= 0.3 is 6.18 Å². The summed E-state index contributed by atoms with van der Waals surface area (Å²) in [5, 5.41) is 6.98. The van der Waals surface area contributed by atoms with Crippen molar-refractivity contribution < 1.29 is 13.2 Å². The monoisotopic (exact) mass is 261 g/mol. The van der Waals surface area contributed by atoms with E-state index >= 15 is 0 Å². The molecule has 1 unspecified atom stereocenters. The number of hydrogen-bond donors (Lipinski definition) is 1. The molecule has 1 aromatic rings. The highest BCUT2D eigenvalue weighted by molar-refractivity contribution is 5.03. The van der Waals surface area contributed by atoms with Crippen LogP contribution in [0.1, 0.15) is 31.9 Å². The van der Waals surface area contributed by atoms with Crippen molar-refractivity contribution in [3.63, 3.8) is 0 Å². The maximum Gasteiger partial charge on any atom is 0.435 e. The van der Waals surface area contributed by atoms with Gasteiger partial charge in [0.15, 0.2) is 5.69 Å². The van der Waals surface area contributed by atoms with Gasteiger partial charge < -0.3 is 5.32 Å². The van der Waals surface area contributed by atoms with Gasteiger partial charge in [0.05, 0.1) is 6.54 Å². The molecule has 3 nitrogen and oxygen atoms in total. The van der Waals surface area contributed by atoms with Crippen molar-refractivity contribution in [3.8, 4) is 0 Å². The van der Waals surface area contributed by atoms with Gasteiger partial charge in [0.1, 0.15) is 0 Å². The van der Waals surface area contributed by atoms with Gasteiger partial charge in [0.2, 0.25) is 0 Å². The predicted octanol–water partition coefficient (Wildman–Crippen LogP) is 2.68. The summed E-state index contributed by atoms with van der Waals surface area (Å²) in [5.41, 5.74) is -0.812. The summed E-state index contributed by atoms with van der Waals surface area (Å²) in [6.45, 7) is 3.49. The third kappa shape index (κ3) is 3.48. The minimum atomic E-state index is -4.35. The minimum absolute atomic E-state index is 0.242. The summed E-state index contributed by atoms with van der Waals surface area (Å²) in [5.74, 6) is 0.593. The molecule has 0 saturated heterocycles. The summed E-state index contributed by atoms with van der Waals surface area (Å²) in [6, 6.07) is 1.27. The molecule has 18 heavy (non-hydrogen) atoms. The first kappa shape index (κ1) is 13.4. The van der Waals surface area contributed by atoms with Crippen LogP contribution in [0.25, 0.3) is 0 Å². The third-order valence-corrected chi connectivity index (χ3v) is 3.16. The van der Waals surface area contributed by atoms with Crippen LogP contribution < -0.4 is 5.32 Å². The molecular weight excluding hydrogens is 243 g/mol. The summed E-state index contributed by atoms with van der Waals surface area (Å²) < 4.78 is 38.7. The fourth-order valence-corrected chi connectivity index (χ4v) is 2.02. The second-order valence-corrected chi connectivity index (χ2v) is 4.82. The molecule has 0 bridgehead atoms. The maximum atomic E-state index is 12.4. The van der Waals surface area contributed by atoms with Crippen LogP contribution in [-0.2, 0) is 12.7 Å². The molecule has 1 fully saturated rings. The molecule has 0 spiro atoms. The lowest BCUT2D eigenvalue weighted by atomic mass is 10.2. The molecule has 1 heterocycles. The Bertz CT molecular complexity index is 382. The Balaban J connectivity index is 1.96. The molecule has 1 aromatic heterocycles. The Kier molecular flexibility index (Phi) is 3.94. The molecular formula is C12H18F3N3. The zero-order valence-electron chi connectivity index (χ0n) is 10.4. The Morgan fingerprint density at radius 2 is 2.22 bits per heavy atom. The molecule has 1 aliphatic rings. The molecule has 1 saturated carbocycles. The number of rotatable bonds is 6. The van der Waals surface area contributed by atoms with Crippen LogP contribution in [-0.4, -0.2) is 22.4 Å². The summed E-state index contributed by atoms with van der Waals surface area (Å²) >= 11 is 0. The third-order valence-electron chi connectivity index (χ3n) is 3.16. The normalized spacial score (nSPS) is 18.0. The van der Waals surface area contributed by atoms with E-state index in [-0.39, 0.29) is 6.04 Å². The predicted molar refractivity (Wildman–Crippen MR) is 62.0 cm³/mol. The van der Waals surface area contributed by atoms with E-state index in [4.69, 9.17) is 0 Å². The topological polar surface area (TPSA) is 29.9 Å². The molecule has 6 heteroatoms. The van der Waals surface area contributed by atoms with E-state index in [1.807, 2.05) is 0 Å². The fraction of sp³-hybridized carbons (Fsp3) is 0.750. The first-order valence-electron chi connectivity index (χ1n) is 6.34. The molecule has 0 aromatic carbocycles. The lowest BCUT2D eigenvalue weighted by molar-refractivity contribution is -0.141. The average Bonchev–Trinajstić information content (AvgIpc) is 3.02. The van der Waals surface area contributed by atoms with Crippen LogP contribution in [0.3, 0.4) is 0 Å². The van der Waals surface area contributed by atoms with Gasteiger partial charge in [-0.05, 0) is 37.8 Å². The number of nitrogens with zero attached hydrogens (tertiary/aromatic N) is 2. The quantitative estimate of drug-likeness (QED) is 0.853. The van der Waals surface area contributed by atoms with Crippen molar-refractivity contribution >= 4 is 0 Å². The zero-order valence-corrected chi connectivity index (χ0v) is 10.4. The maximum absolute atomic E-state index is 12.4. The van der Waals surface area contributed by atoms with Gasteiger partial charge in [-0.1, -0.05) is 6.92 Å². The van der Waals surface area contributed by atoms with Crippen LogP contribution >= 0.6 is 0 Å². The Morgan fingerprint density at radius 1 is 1.50 bits per heavy atom. The highest BCUT2D eigenvalue weighted by Gasteiger charge is 2.35. The van der Waals surface area contributed by atoms with Crippen molar-refractivity contribution in [2.75, 3.05) is 6.54 Å². The number of nitrogens with one attached hydrogen (secondary N) is 1. The molecule has 1 atom stereocenters. The van der Waals surface area contributed by atoms with Gasteiger partial charge in [-0.15, -0.1) is 0 Å². The van der Waals surface area contributed by atoms with Crippen LogP contribution in [0.15, 0.2) is 12.3 Å². The molecule has 2 rings (SSSR count). The van der Waals surface area contributed by atoms with Crippen LogP contribution in [0.2, 0.25) is 0 Å². The van der Waals surface area contributed by atoms with Crippen molar-refractivity contribution in [2.24, 2.45) is 5.92 Å². The minimum Gasteiger partial charge on any atom is -0.312 e. The van der Waals surface area contributed by atoms with Gasteiger partial charge in [-0.2, -0.15) is 18.3 Å². The number of alkyl halides is 3.